The molecule has 0 saturated heterocycles. The largest absolute Gasteiger partial charge is 0.486 e. The van der Waals surface area contributed by atoms with E-state index < -0.39 is 0 Å². The summed E-state index contributed by atoms with van der Waals surface area (Å²) < 4.78 is 21.8. The lowest BCUT2D eigenvalue weighted by molar-refractivity contribution is 0.171. The van der Waals surface area contributed by atoms with Gasteiger partial charge in [0.25, 0.3) is 0 Å². The summed E-state index contributed by atoms with van der Waals surface area (Å²) >= 11 is 0. The zero-order valence-electron chi connectivity index (χ0n) is 13.1. The minimum absolute atomic E-state index is 0.237. The van der Waals surface area contributed by atoms with Gasteiger partial charge in [-0.2, -0.15) is 4.98 Å². The Bertz CT molecular complexity index is 901. The maximum Gasteiger partial charge on any atom is 0.230 e. The summed E-state index contributed by atoms with van der Waals surface area (Å²) in [5.41, 5.74) is 1.84. The van der Waals surface area contributed by atoms with Gasteiger partial charge in [0.05, 0.1) is 0 Å². The van der Waals surface area contributed by atoms with Crippen molar-refractivity contribution in [2.24, 2.45) is 0 Å². The van der Waals surface area contributed by atoms with Gasteiger partial charge in [0.15, 0.2) is 23.6 Å². The number of fused-ring (bicyclic) bond motifs is 1. The molecule has 1 aliphatic heterocycles. The number of hydrogen-bond donors (Lipinski definition) is 0. The maximum atomic E-state index is 5.65. The average Bonchev–Trinajstić information content (AvgIpc) is 3.05. The van der Waals surface area contributed by atoms with Gasteiger partial charge in [0.2, 0.25) is 11.7 Å². The molecule has 2 unspecified atom stereocenters. The maximum absolute atomic E-state index is 5.65. The van der Waals surface area contributed by atoms with Crippen molar-refractivity contribution in [3.63, 3.8) is 0 Å². The lowest BCUT2D eigenvalue weighted by Crippen LogP contribution is -2.15. The Morgan fingerprint density at radius 2 is 1.96 bits per heavy atom. The van der Waals surface area contributed by atoms with E-state index >= 15 is 0 Å². The predicted octanol–water partition coefficient (Wildman–Crippen LogP) is 3.08. The Labute approximate surface area is 137 Å². The molecule has 1 aliphatic carbocycles. The smallest absolute Gasteiger partial charge is 0.230 e. The van der Waals surface area contributed by atoms with Crippen molar-refractivity contribution in [2.45, 2.75) is 25.2 Å². The Hall–Kier alpha value is -2.83. The summed E-state index contributed by atoms with van der Waals surface area (Å²) in [6.07, 6.45) is 2.37. The summed E-state index contributed by atoms with van der Waals surface area (Å²) in [5, 5.41) is 4.03. The first kappa shape index (κ1) is 13.6. The minimum Gasteiger partial charge on any atom is -0.486 e. The van der Waals surface area contributed by atoms with Crippen LogP contribution in [0.25, 0.3) is 11.5 Å². The van der Waals surface area contributed by atoms with Crippen molar-refractivity contribution < 1.29 is 18.4 Å². The van der Waals surface area contributed by atoms with Crippen LogP contribution in [0.2, 0.25) is 0 Å². The fraction of sp³-hybridized carbons (Fsp3) is 0.353. The second kappa shape index (κ2) is 5.09. The van der Waals surface area contributed by atoms with E-state index in [0.717, 1.165) is 17.9 Å². The first-order chi connectivity index (χ1) is 11.8. The van der Waals surface area contributed by atoms with Crippen molar-refractivity contribution in [3.05, 3.63) is 41.8 Å². The quantitative estimate of drug-likeness (QED) is 0.731. The molecule has 0 spiro atoms. The molecule has 2 atom stereocenters. The van der Waals surface area contributed by atoms with Crippen molar-refractivity contribution in [1.29, 1.82) is 0 Å². The van der Waals surface area contributed by atoms with Gasteiger partial charge in [0.1, 0.15) is 19.0 Å². The highest BCUT2D eigenvalue weighted by atomic mass is 16.6. The first-order valence-electron chi connectivity index (χ1n) is 7.93. The second-order valence-electron chi connectivity index (χ2n) is 6.07. The lowest BCUT2D eigenvalue weighted by atomic mass is 10.1. The van der Waals surface area contributed by atoms with E-state index in [4.69, 9.17) is 18.4 Å². The number of hydrogen-bond acceptors (Lipinski definition) is 7. The normalized spacial score (nSPS) is 21.7. The van der Waals surface area contributed by atoms with Gasteiger partial charge >= 0.3 is 0 Å². The third kappa shape index (κ3) is 2.16. The number of aromatic nitrogens is 3. The molecule has 0 bridgehead atoms. The highest BCUT2D eigenvalue weighted by Gasteiger charge is 2.44. The Kier molecular flexibility index (Phi) is 2.88. The van der Waals surface area contributed by atoms with Gasteiger partial charge < -0.3 is 18.4 Å². The van der Waals surface area contributed by atoms with Crippen LogP contribution in [0, 0.1) is 6.92 Å². The van der Waals surface area contributed by atoms with E-state index in [1.54, 1.807) is 0 Å². The van der Waals surface area contributed by atoms with Crippen LogP contribution in [-0.2, 0) is 0 Å². The third-order valence-corrected chi connectivity index (χ3v) is 4.50. The standard InChI is InChI=1S/C17H15N3O4/c1-9-15(18-8-23-9)16-19-17(24-20-16)12-7-11(12)10-2-3-13-14(6-10)22-5-4-21-13/h2-3,6,8,11-12H,4-5,7H2,1H3. The van der Waals surface area contributed by atoms with Gasteiger partial charge in [0, 0.05) is 5.92 Å². The molecule has 0 amide bonds. The molecular weight excluding hydrogens is 310 g/mol. The van der Waals surface area contributed by atoms with Gasteiger partial charge in [-0.3, -0.25) is 0 Å². The Balaban J connectivity index is 1.37. The molecule has 122 valence electrons. The van der Waals surface area contributed by atoms with Gasteiger partial charge in [-0.1, -0.05) is 11.2 Å². The fourth-order valence-electron chi connectivity index (χ4n) is 3.13. The van der Waals surface area contributed by atoms with E-state index in [1.165, 1.54) is 12.0 Å². The molecule has 24 heavy (non-hydrogen) atoms. The fourth-order valence-corrected chi connectivity index (χ4v) is 3.13. The number of benzene rings is 1. The molecule has 1 aromatic carbocycles. The number of rotatable bonds is 3. The first-order valence-corrected chi connectivity index (χ1v) is 7.93. The van der Waals surface area contributed by atoms with E-state index in [1.807, 2.05) is 13.0 Å². The minimum atomic E-state index is 0.237. The molecule has 3 aromatic rings. The molecule has 2 aromatic heterocycles. The zero-order valence-corrected chi connectivity index (χ0v) is 13.1. The number of aryl methyl sites for hydroxylation is 1. The number of nitrogens with zero attached hydrogens (tertiary/aromatic N) is 3. The number of ether oxygens (including phenoxy) is 2. The van der Waals surface area contributed by atoms with E-state index in [2.05, 4.69) is 27.3 Å². The van der Waals surface area contributed by atoms with E-state index in [9.17, 15) is 0 Å². The summed E-state index contributed by atoms with van der Waals surface area (Å²) in [7, 11) is 0. The second-order valence-corrected chi connectivity index (χ2v) is 6.07. The molecule has 7 nitrogen and oxygen atoms in total. The van der Waals surface area contributed by atoms with Gasteiger partial charge in [-0.05, 0) is 37.0 Å². The Morgan fingerprint density at radius 1 is 1.08 bits per heavy atom. The van der Waals surface area contributed by atoms with Crippen LogP contribution in [0.15, 0.2) is 33.5 Å². The third-order valence-electron chi connectivity index (χ3n) is 4.50. The highest BCUT2D eigenvalue weighted by molar-refractivity contribution is 5.51. The van der Waals surface area contributed by atoms with Crippen LogP contribution in [0.1, 0.15) is 35.5 Å². The van der Waals surface area contributed by atoms with Gasteiger partial charge in [-0.15, -0.1) is 0 Å². The van der Waals surface area contributed by atoms with Crippen molar-refractivity contribution in [2.75, 3.05) is 13.2 Å². The molecule has 2 aliphatic rings. The molecule has 0 N–H and O–H groups in total. The molecular formula is C17H15N3O4. The zero-order chi connectivity index (χ0) is 16.1. The van der Waals surface area contributed by atoms with Crippen molar-refractivity contribution >= 4 is 0 Å². The van der Waals surface area contributed by atoms with Crippen molar-refractivity contribution in [1.82, 2.24) is 15.1 Å². The predicted molar refractivity (Wildman–Crippen MR) is 82.1 cm³/mol. The molecule has 1 saturated carbocycles. The van der Waals surface area contributed by atoms with Crippen LogP contribution >= 0.6 is 0 Å². The van der Waals surface area contributed by atoms with E-state index in [0.29, 0.717) is 42.3 Å². The lowest BCUT2D eigenvalue weighted by Gasteiger charge is -2.18. The van der Waals surface area contributed by atoms with Crippen LogP contribution in [0.4, 0.5) is 0 Å². The topological polar surface area (TPSA) is 83.4 Å². The summed E-state index contributed by atoms with van der Waals surface area (Å²) in [6, 6.07) is 6.10. The monoisotopic (exact) mass is 325 g/mol. The molecule has 5 rings (SSSR count). The van der Waals surface area contributed by atoms with E-state index in [-0.39, 0.29) is 5.92 Å². The molecule has 3 heterocycles. The summed E-state index contributed by atoms with van der Waals surface area (Å²) in [5.74, 6) is 4.03. The van der Waals surface area contributed by atoms with Crippen LogP contribution in [-0.4, -0.2) is 28.3 Å². The van der Waals surface area contributed by atoms with Crippen LogP contribution in [0.3, 0.4) is 0 Å². The number of oxazole rings is 1. The van der Waals surface area contributed by atoms with Gasteiger partial charge in [-0.25, -0.2) is 4.98 Å². The molecule has 7 heteroatoms. The van der Waals surface area contributed by atoms with Crippen molar-refractivity contribution in [3.8, 4) is 23.0 Å². The average molecular weight is 325 g/mol. The summed E-state index contributed by atoms with van der Waals surface area (Å²) in [6.45, 7) is 3.02. The van der Waals surface area contributed by atoms with Crippen LogP contribution in [0.5, 0.6) is 11.5 Å². The summed E-state index contributed by atoms with van der Waals surface area (Å²) in [4.78, 5) is 8.60. The Morgan fingerprint density at radius 3 is 2.79 bits per heavy atom. The molecule has 0 radical (unpaired) electrons. The highest BCUT2D eigenvalue weighted by Crippen LogP contribution is 2.55. The molecule has 1 fully saturated rings. The van der Waals surface area contributed by atoms with Crippen LogP contribution < -0.4 is 9.47 Å². The SMILES string of the molecule is Cc1ocnc1-c1noc(C2CC2c2ccc3c(c2)OCCO3)n1.